The molecule has 0 atom stereocenters. The lowest BCUT2D eigenvalue weighted by Crippen LogP contribution is -2.05. The van der Waals surface area contributed by atoms with Crippen molar-refractivity contribution in [3.05, 3.63) is 65.8 Å². The predicted molar refractivity (Wildman–Crippen MR) is 91.1 cm³/mol. The molecule has 22 heavy (non-hydrogen) atoms. The van der Waals surface area contributed by atoms with E-state index in [1.807, 2.05) is 69.3 Å². The number of aliphatic carboxylic acids is 1. The molecular weight excluding hydrogens is 274 g/mol. The largest absolute Gasteiger partial charge is 0.478 e. The van der Waals surface area contributed by atoms with Gasteiger partial charge in [0.25, 0.3) is 0 Å². The van der Waals surface area contributed by atoms with Gasteiger partial charge in [-0.15, -0.1) is 0 Å². The number of carboxylic acid groups (broad SMARTS) is 1. The van der Waals surface area contributed by atoms with Crippen LogP contribution in [0.2, 0.25) is 0 Å². The second-order valence-electron chi connectivity index (χ2n) is 5.76. The van der Waals surface area contributed by atoms with E-state index in [0.717, 1.165) is 5.56 Å². The molecule has 0 spiro atoms. The van der Waals surface area contributed by atoms with Crippen LogP contribution in [0.15, 0.2) is 60.2 Å². The number of carbonyl (C=O) groups is 1. The Morgan fingerprint density at radius 3 is 2.18 bits per heavy atom. The zero-order chi connectivity index (χ0) is 17.0. The summed E-state index contributed by atoms with van der Waals surface area (Å²) in [6.07, 6.45) is 8.70. The molecule has 0 saturated carbocycles. The van der Waals surface area contributed by atoms with Crippen molar-refractivity contribution in [1.82, 2.24) is 0 Å². The minimum Gasteiger partial charge on any atom is -0.478 e. The van der Waals surface area contributed by atoms with Crippen LogP contribution < -0.4 is 0 Å². The van der Waals surface area contributed by atoms with Crippen molar-refractivity contribution in [1.29, 1.82) is 5.26 Å². The SMILES string of the molecule is CC(=CC(C)(C)C)C(=O)O.N#CC=CC=Cc1ccccc1. The third kappa shape index (κ3) is 11.2. The highest BCUT2D eigenvalue weighted by molar-refractivity contribution is 5.85. The van der Waals surface area contributed by atoms with Crippen molar-refractivity contribution < 1.29 is 9.90 Å². The molecule has 0 aromatic heterocycles. The first-order chi connectivity index (χ1) is 10.3. The molecule has 0 amide bonds. The van der Waals surface area contributed by atoms with Crippen LogP contribution in [0.3, 0.4) is 0 Å². The molecule has 1 aromatic rings. The summed E-state index contributed by atoms with van der Waals surface area (Å²) in [5, 5.41) is 16.7. The molecule has 1 rings (SSSR count). The molecule has 0 fully saturated rings. The fourth-order valence-electron chi connectivity index (χ4n) is 1.54. The minimum absolute atomic E-state index is 0.0392. The standard InChI is InChI=1S/C11H9N.C8H14O2/c12-10-6-2-5-9-11-7-3-1-4-8-11;1-6(7(9)10)5-8(2,3)4/h1-9H;5H,1-4H3,(H,9,10). The Morgan fingerprint density at radius 1 is 1.18 bits per heavy atom. The highest BCUT2D eigenvalue weighted by Gasteiger charge is 2.09. The Hall–Kier alpha value is -2.60. The van der Waals surface area contributed by atoms with Crippen LogP contribution in [0.25, 0.3) is 6.08 Å². The van der Waals surface area contributed by atoms with Gasteiger partial charge in [-0.05, 0) is 17.9 Å². The van der Waals surface area contributed by atoms with Crippen molar-refractivity contribution in [3.63, 3.8) is 0 Å². The van der Waals surface area contributed by atoms with E-state index >= 15 is 0 Å². The fourth-order valence-corrected chi connectivity index (χ4v) is 1.54. The molecular formula is C19H23NO2. The zero-order valence-electron chi connectivity index (χ0n) is 13.6. The van der Waals surface area contributed by atoms with Crippen LogP contribution >= 0.6 is 0 Å². The maximum atomic E-state index is 10.3. The van der Waals surface area contributed by atoms with E-state index < -0.39 is 5.97 Å². The second-order valence-corrected chi connectivity index (χ2v) is 5.76. The van der Waals surface area contributed by atoms with E-state index in [9.17, 15) is 4.79 Å². The van der Waals surface area contributed by atoms with E-state index in [4.69, 9.17) is 10.4 Å². The Labute approximate surface area is 132 Å². The van der Waals surface area contributed by atoms with Crippen LogP contribution in [0, 0.1) is 16.7 Å². The molecule has 0 radical (unpaired) electrons. The normalized spacial score (nSPS) is 11.9. The highest BCUT2D eigenvalue weighted by Crippen LogP contribution is 2.17. The van der Waals surface area contributed by atoms with Gasteiger partial charge in [-0.3, -0.25) is 0 Å². The highest BCUT2D eigenvalue weighted by atomic mass is 16.4. The molecule has 116 valence electrons. The number of hydrogen-bond donors (Lipinski definition) is 1. The summed E-state index contributed by atoms with van der Waals surface area (Å²) < 4.78 is 0. The summed E-state index contributed by atoms with van der Waals surface area (Å²) in [7, 11) is 0. The predicted octanol–water partition coefficient (Wildman–Crippen LogP) is 4.84. The number of carboxylic acids is 1. The second kappa shape index (κ2) is 10.2. The zero-order valence-corrected chi connectivity index (χ0v) is 13.6. The van der Waals surface area contributed by atoms with Gasteiger partial charge in [-0.1, -0.05) is 75.4 Å². The van der Waals surface area contributed by atoms with E-state index in [1.165, 1.54) is 6.08 Å². The number of nitriles is 1. The summed E-state index contributed by atoms with van der Waals surface area (Å²) in [5.41, 5.74) is 1.51. The molecule has 0 aliphatic rings. The Morgan fingerprint density at radius 2 is 1.77 bits per heavy atom. The molecule has 0 saturated heterocycles. The first-order valence-corrected chi connectivity index (χ1v) is 6.97. The van der Waals surface area contributed by atoms with Gasteiger partial charge in [-0.25, -0.2) is 4.79 Å². The quantitative estimate of drug-likeness (QED) is 0.493. The Bertz CT molecular complexity index is 582. The van der Waals surface area contributed by atoms with Gasteiger partial charge in [-0.2, -0.15) is 5.26 Å². The van der Waals surface area contributed by atoms with Gasteiger partial charge in [0, 0.05) is 11.6 Å². The Kier molecular flexibility index (Phi) is 8.97. The summed E-state index contributed by atoms with van der Waals surface area (Å²) in [6, 6.07) is 11.9. The van der Waals surface area contributed by atoms with E-state index in [0.29, 0.717) is 5.57 Å². The maximum absolute atomic E-state index is 10.3. The number of benzene rings is 1. The average molecular weight is 297 g/mol. The molecule has 1 aromatic carbocycles. The lowest BCUT2D eigenvalue weighted by molar-refractivity contribution is -0.132. The van der Waals surface area contributed by atoms with Gasteiger partial charge in [0.05, 0.1) is 6.07 Å². The molecule has 0 aliphatic carbocycles. The lowest BCUT2D eigenvalue weighted by Gasteiger charge is -2.11. The third-order valence-electron chi connectivity index (χ3n) is 2.36. The van der Waals surface area contributed by atoms with E-state index in [-0.39, 0.29) is 5.41 Å². The lowest BCUT2D eigenvalue weighted by atomic mass is 9.94. The molecule has 0 heterocycles. The third-order valence-corrected chi connectivity index (χ3v) is 2.36. The first-order valence-electron chi connectivity index (χ1n) is 6.97. The minimum atomic E-state index is -0.838. The van der Waals surface area contributed by atoms with Crippen molar-refractivity contribution in [2.45, 2.75) is 27.7 Å². The monoisotopic (exact) mass is 297 g/mol. The molecule has 3 heteroatoms. The van der Waals surface area contributed by atoms with Crippen molar-refractivity contribution in [2.24, 2.45) is 5.41 Å². The first kappa shape index (κ1) is 19.4. The number of nitrogens with zero attached hydrogens (tertiary/aromatic N) is 1. The van der Waals surface area contributed by atoms with Gasteiger partial charge in [0.2, 0.25) is 0 Å². The average Bonchev–Trinajstić information content (AvgIpc) is 2.44. The van der Waals surface area contributed by atoms with Crippen LogP contribution in [0.1, 0.15) is 33.3 Å². The topological polar surface area (TPSA) is 61.1 Å². The Balaban J connectivity index is 0.000000409. The fraction of sp³-hybridized carbons (Fsp3) is 0.263. The number of rotatable bonds is 3. The van der Waals surface area contributed by atoms with Crippen LogP contribution in [-0.4, -0.2) is 11.1 Å². The molecule has 3 nitrogen and oxygen atoms in total. The number of allylic oxidation sites excluding steroid dienone is 4. The van der Waals surface area contributed by atoms with Crippen LogP contribution in [-0.2, 0) is 4.79 Å². The van der Waals surface area contributed by atoms with Crippen LogP contribution in [0.5, 0.6) is 0 Å². The summed E-state index contributed by atoms with van der Waals surface area (Å²) in [4.78, 5) is 10.3. The maximum Gasteiger partial charge on any atom is 0.330 e. The van der Waals surface area contributed by atoms with Crippen molar-refractivity contribution in [3.8, 4) is 6.07 Å². The van der Waals surface area contributed by atoms with Crippen molar-refractivity contribution >= 4 is 12.0 Å². The smallest absolute Gasteiger partial charge is 0.330 e. The van der Waals surface area contributed by atoms with E-state index in [2.05, 4.69) is 0 Å². The van der Waals surface area contributed by atoms with Gasteiger partial charge < -0.3 is 5.11 Å². The molecule has 0 aliphatic heterocycles. The van der Waals surface area contributed by atoms with Gasteiger partial charge >= 0.3 is 5.97 Å². The molecule has 0 bridgehead atoms. The molecule has 1 N–H and O–H groups in total. The summed E-state index contributed by atoms with van der Waals surface area (Å²) in [5.74, 6) is -0.838. The van der Waals surface area contributed by atoms with Crippen LogP contribution in [0.4, 0.5) is 0 Å². The summed E-state index contributed by atoms with van der Waals surface area (Å²) >= 11 is 0. The number of hydrogen-bond acceptors (Lipinski definition) is 2. The van der Waals surface area contributed by atoms with E-state index in [1.54, 1.807) is 19.1 Å². The molecule has 0 unspecified atom stereocenters. The summed E-state index contributed by atoms with van der Waals surface area (Å²) in [6.45, 7) is 7.52. The van der Waals surface area contributed by atoms with Crippen molar-refractivity contribution in [2.75, 3.05) is 0 Å². The van der Waals surface area contributed by atoms with Gasteiger partial charge in [0.15, 0.2) is 0 Å². The van der Waals surface area contributed by atoms with Gasteiger partial charge in [0.1, 0.15) is 0 Å².